The summed E-state index contributed by atoms with van der Waals surface area (Å²) in [6, 6.07) is 16.4. The minimum atomic E-state index is -1.27. The second-order valence-corrected chi connectivity index (χ2v) is 8.81. The number of hydrogen-bond donors (Lipinski definition) is 2. The Bertz CT molecular complexity index is 1170. The minimum Gasteiger partial charge on any atom is -0.465 e. The van der Waals surface area contributed by atoms with Crippen molar-refractivity contribution >= 4 is 46.8 Å². The van der Waals surface area contributed by atoms with Crippen LogP contribution in [-0.2, 0) is 25.5 Å². The van der Waals surface area contributed by atoms with Gasteiger partial charge in [0.1, 0.15) is 5.92 Å². The Labute approximate surface area is 207 Å². The SMILES string of the molecule is CCOC(=O)[C@@H]1C(=O)NC(SCC(=O)Nc2ccccc2CC)=C(C#N)[C@H]1c1ccccc1Cl. The molecule has 9 heteroatoms. The normalized spacial score (nSPS) is 17.5. The van der Waals surface area contributed by atoms with Crippen molar-refractivity contribution in [3.8, 4) is 6.07 Å². The highest BCUT2D eigenvalue weighted by molar-refractivity contribution is 8.03. The van der Waals surface area contributed by atoms with Crippen molar-refractivity contribution in [3.63, 3.8) is 0 Å². The number of amides is 2. The van der Waals surface area contributed by atoms with E-state index in [0.29, 0.717) is 16.3 Å². The van der Waals surface area contributed by atoms with Gasteiger partial charge in [0.15, 0.2) is 0 Å². The lowest BCUT2D eigenvalue weighted by Gasteiger charge is -2.31. The predicted molar refractivity (Wildman–Crippen MR) is 132 cm³/mol. The Morgan fingerprint density at radius 1 is 1.18 bits per heavy atom. The van der Waals surface area contributed by atoms with Crippen molar-refractivity contribution in [1.29, 1.82) is 5.26 Å². The molecule has 34 heavy (non-hydrogen) atoms. The van der Waals surface area contributed by atoms with Gasteiger partial charge in [-0.2, -0.15) is 5.26 Å². The third-order valence-corrected chi connectivity index (χ3v) is 6.69. The Balaban J connectivity index is 1.91. The first-order chi connectivity index (χ1) is 16.4. The molecular weight excluding hydrogens is 474 g/mol. The number of esters is 1. The molecule has 2 aromatic carbocycles. The molecule has 7 nitrogen and oxygen atoms in total. The molecule has 0 bridgehead atoms. The Morgan fingerprint density at radius 3 is 2.56 bits per heavy atom. The van der Waals surface area contributed by atoms with Crippen molar-refractivity contribution < 1.29 is 19.1 Å². The quantitative estimate of drug-likeness (QED) is 0.413. The van der Waals surface area contributed by atoms with Crippen LogP contribution in [0.4, 0.5) is 5.69 Å². The number of nitriles is 1. The van der Waals surface area contributed by atoms with Gasteiger partial charge in [0.05, 0.1) is 29.0 Å². The molecule has 0 saturated heterocycles. The third kappa shape index (κ3) is 5.61. The summed E-state index contributed by atoms with van der Waals surface area (Å²) in [7, 11) is 0. The fourth-order valence-corrected chi connectivity index (χ4v) is 4.86. The van der Waals surface area contributed by atoms with E-state index in [4.69, 9.17) is 16.3 Å². The predicted octanol–water partition coefficient (Wildman–Crippen LogP) is 4.40. The van der Waals surface area contributed by atoms with Crippen LogP contribution in [-0.4, -0.2) is 30.1 Å². The van der Waals surface area contributed by atoms with E-state index in [2.05, 4.69) is 16.7 Å². The van der Waals surface area contributed by atoms with Crippen LogP contribution in [0.5, 0.6) is 0 Å². The zero-order valence-electron chi connectivity index (χ0n) is 18.8. The molecule has 0 spiro atoms. The van der Waals surface area contributed by atoms with E-state index in [1.54, 1.807) is 31.2 Å². The van der Waals surface area contributed by atoms with E-state index < -0.39 is 23.7 Å². The van der Waals surface area contributed by atoms with E-state index in [1.807, 2.05) is 31.2 Å². The van der Waals surface area contributed by atoms with Gasteiger partial charge >= 0.3 is 5.97 Å². The van der Waals surface area contributed by atoms with E-state index in [-0.39, 0.29) is 28.9 Å². The molecule has 0 saturated carbocycles. The van der Waals surface area contributed by atoms with Crippen molar-refractivity contribution in [3.05, 3.63) is 75.3 Å². The van der Waals surface area contributed by atoms with Gasteiger partial charge in [0.25, 0.3) is 0 Å². The Kier molecular flexibility index (Phi) is 8.74. The number of benzene rings is 2. The summed E-state index contributed by atoms with van der Waals surface area (Å²) in [6.07, 6.45) is 0.762. The molecule has 2 atom stereocenters. The van der Waals surface area contributed by atoms with Crippen molar-refractivity contribution in [2.75, 3.05) is 17.7 Å². The van der Waals surface area contributed by atoms with Crippen LogP contribution < -0.4 is 10.6 Å². The number of hydrogen-bond acceptors (Lipinski definition) is 6. The number of ether oxygens (including phenoxy) is 1. The van der Waals surface area contributed by atoms with Crippen molar-refractivity contribution in [1.82, 2.24) is 5.32 Å². The molecule has 1 heterocycles. The molecule has 2 amide bonds. The number of carbonyl (C=O) groups excluding carboxylic acids is 3. The van der Waals surface area contributed by atoms with Gasteiger partial charge in [-0.1, -0.05) is 66.7 Å². The molecule has 0 unspecified atom stereocenters. The second-order valence-electron chi connectivity index (χ2n) is 7.42. The summed E-state index contributed by atoms with van der Waals surface area (Å²) < 4.78 is 5.11. The molecule has 0 aliphatic carbocycles. The first-order valence-corrected chi connectivity index (χ1v) is 12.1. The Hall–Kier alpha value is -3.28. The maximum atomic E-state index is 13.0. The summed E-state index contributed by atoms with van der Waals surface area (Å²) in [4.78, 5) is 38.3. The van der Waals surface area contributed by atoms with Crippen molar-refractivity contribution in [2.45, 2.75) is 26.2 Å². The molecule has 2 N–H and O–H groups in total. The lowest BCUT2D eigenvalue weighted by molar-refractivity contribution is -0.152. The number of nitrogens with zero attached hydrogens (tertiary/aromatic N) is 1. The van der Waals surface area contributed by atoms with Crippen LogP contribution in [0.2, 0.25) is 5.02 Å². The highest BCUT2D eigenvalue weighted by Gasteiger charge is 2.45. The number of allylic oxidation sites excluding steroid dienone is 1. The number of halogens is 1. The monoisotopic (exact) mass is 497 g/mol. The van der Waals surface area contributed by atoms with Gasteiger partial charge in [-0.3, -0.25) is 14.4 Å². The number of anilines is 1. The van der Waals surface area contributed by atoms with E-state index in [1.165, 1.54) is 0 Å². The van der Waals surface area contributed by atoms with Gasteiger partial charge in [-0.25, -0.2) is 0 Å². The summed E-state index contributed by atoms with van der Waals surface area (Å²) in [5.41, 5.74) is 2.33. The van der Waals surface area contributed by atoms with Crippen LogP contribution >= 0.6 is 23.4 Å². The van der Waals surface area contributed by atoms with Gasteiger partial charge in [0.2, 0.25) is 11.8 Å². The van der Waals surface area contributed by atoms with Crippen LogP contribution in [0.3, 0.4) is 0 Å². The molecule has 1 aliphatic heterocycles. The highest BCUT2D eigenvalue weighted by atomic mass is 35.5. The number of nitrogens with one attached hydrogen (secondary N) is 2. The van der Waals surface area contributed by atoms with Crippen LogP contribution in [0.25, 0.3) is 0 Å². The summed E-state index contributed by atoms with van der Waals surface area (Å²) >= 11 is 7.41. The first-order valence-electron chi connectivity index (χ1n) is 10.8. The molecule has 0 fully saturated rings. The number of carbonyl (C=O) groups is 3. The van der Waals surface area contributed by atoms with Gasteiger partial charge in [0, 0.05) is 16.6 Å². The number of thioether (sulfide) groups is 1. The standard InChI is InChI=1S/C25H24ClN3O4S/c1-3-15-9-5-8-12-19(15)28-20(30)14-34-24-17(13-27)21(16-10-6-7-11-18(16)26)22(23(31)29-24)25(32)33-4-2/h5-12,21-22H,3-4,14H2,1-2H3,(H,28,30)(H,29,31)/t21-,22+/m1/s1. The van der Waals surface area contributed by atoms with Crippen molar-refractivity contribution in [2.24, 2.45) is 5.92 Å². The molecule has 0 radical (unpaired) electrons. The average molecular weight is 498 g/mol. The zero-order chi connectivity index (χ0) is 24.7. The molecular formula is C25H24ClN3O4S. The van der Waals surface area contributed by atoms with Gasteiger partial charge < -0.3 is 15.4 Å². The summed E-state index contributed by atoms with van der Waals surface area (Å²) in [6.45, 7) is 3.72. The first kappa shape index (κ1) is 25.3. The molecule has 176 valence electrons. The maximum Gasteiger partial charge on any atom is 0.319 e. The molecule has 2 aromatic rings. The topological polar surface area (TPSA) is 108 Å². The van der Waals surface area contributed by atoms with Gasteiger partial charge in [-0.05, 0) is 36.6 Å². The van der Waals surface area contributed by atoms with E-state index in [9.17, 15) is 19.6 Å². The van der Waals surface area contributed by atoms with E-state index >= 15 is 0 Å². The maximum absolute atomic E-state index is 13.0. The zero-order valence-corrected chi connectivity index (χ0v) is 20.3. The molecule has 0 aromatic heterocycles. The van der Waals surface area contributed by atoms with E-state index in [0.717, 1.165) is 23.7 Å². The largest absolute Gasteiger partial charge is 0.465 e. The van der Waals surface area contributed by atoms with Crippen LogP contribution in [0, 0.1) is 17.2 Å². The fourth-order valence-electron chi connectivity index (χ4n) is 3.76. The van der Waals surface area contributed by atoms with Gasteiger partial charge in [-0.15, -0.1) is 0 Å². The average Bonchev–Trinajstić information content (AvgIpc) is 2.83. The molecule has 3 rings (SSSR count). The lowest BCUT2D eigenvalue weighted by Crippen LogP contribution is -2.44. The fraction of sp³-hybridized carbons (Fsp3) is 0.280. The second kappa shape index (κ2) is 11.7. The highest BCUT2D eigenvalue weighted by Crippen LogP contribution is 2.42. The van der Waals surface area contributed by atoms with Crippen LogP contribution in [0.15, 0.2) is 59.1 Å². The summed E-state index contributed by atoms with van der Waals surface area (Å²) in [5, 5.41) is 16.0. The Morgan fingerprint density at radius 2 is 1.88 bits per heavy atom. The third-order valence-electron chi connectivity index (χ3n) is 5.33. The minimum absolute atomic E-state index is 0.0435. The molecule has 1 aliphatic rings. The van der Waals surface area contributed by atoms with Crippen LogP contribution in [0.1, 0.15) is 30.9 Å². The number of rotatable bonds is 8. The summed E-state index contributed by atoms with van der Waals surface area (Å²) in [5.74, 6) is -3.89. The number of para-hydroxylation sites is 1. The lowest BCUT2D eigenvalue weighted by atomic mass is 9.78. The smallest absolute Gasteiger partial charge is 0.319 e. The number of aryl methyl sites for hydroxylation is 1.